The predicted octanol–water partition coefficient (Wildman–Crippen LogP) is 3.18. The fourth-order valence-corrected chi connectivity index (χ4v) is 3.72. The Balaban J connectivity index is 1.77. The van der Waals surface area contributed by atoms with Crippen LogP contribution in [0.3, 0.4) is 0 Å². The number of aromatic nitrogens is 2. The van der Waals surface area contributed by atoms with Crippen LogP contribution in [0.15, 0.2) is 47.6 Å². The Morgan fingerprint density at radius 3 is 2.75 bits per heavy atom. The van der Waals surface area contributed by atoms with E-state index in [0.717, 1.165) is 12.8 Å². The number of aromatic amines is 1. The smallest absolute Gasteiger partial charge is 0.179 e. The molecule has 3 aromatic rings. The van der Waals surface area contributed by atoms with E-state index in [9.17, 15) is 8.42 Å². The third-order valence-electron chi connectivity index (χ3n) is 4.13. The molecule has 0 saturated carbocycles. The molecule has 2 aromatic heterocycles. The van der Waals surface area contributed by atoms with Crippen LogP contribution in [0.4, 0.5) is 5.82 Å². The topological polar surface area (TPSA) is 74.8 Å². The molecule has 6 heteroatoms. The first-order valence-electron chi connectivity index (χ1n) is 7.97. The van der Waals surface area contributed by atoms with Gasteiger partial charge in [0.15, 0.2) is 9.84 Å². The number of anilines is 1. The second-order valence-electron chi connectivity index (χ2n) is 5.81. The molecule has 0 fully saturated rings. The van der Waals surface area contributed by atoms with E-state index in [4.69, 9.17) is 0 Å². The number of rotatable bonds is 6. The van der Waals surface area contributed by atoms with Crippen LogP contribution < -0.4 is 5.32 Å². The average molecular weight is 343 g/mol. The molecule has 0 atom stereocenters. The number of fused-ring (bicyclic) bond motifs is 1. The molecule has 0 saturated heterocycles. The molecule has 0 aliphatic carbocycles. The highest BCUT2D eigenvalue weighted by Gasteiger charge is 2.13. The number of sulfone groups is 1. The minimum atomic E-state index is -3.29. The minimum Gasteiger partial charge on any atom is -0.369 e. The van der Waals surface area contributed by atoms with E-state index in [1.807, 2.05) is 6.20 Å². The maximum absolute atomic E-state index is 11.8. The highest BCUT2D eigenvalue weighted by Crippen LogP contribution is 2.23. The summed E-state index contributed by atoms with van der Waals surface area (Å²) in [6, 6.07) is 9.53. The van der Waals surface area contributed by atoms with Crippen LogP contribution in [0, 0.1) is 0 Å². The van der Waals surface area contributed by atoms with Gasteiger partial charge in [-0.15, -0.1) is 0 Å². The Kier molecular flexibility index (Phi) is 4.57. The Bertz CT molecular complexity index is 961. The van der Waals surface area contributed by atoms with Crippen molar-refractivity contribution in [1.29, 1.82) is 0 Å². The van der Waals surface area contributed by atoms with Crippen molar-refractivity contribution in [1.82, 2.24) is 9.97 Å². The predicted molar refractivity (Wildman–Crippen MR) is 97.2 cm³/mol. The standard InChI is InChI=1S/C18H21N3O2S/c1-3-13-6-4-7-15-14(12-21-17(13)15)9-11-20-18-16(24(2,22)23)8-5-10-19-18/h4-8,10,12,21H,3,9,11H2,1-2H3,(H,19,20). The van der Waals surface area contributed by atoms with Crippen molar-refractivity contribution >= 4 is 26.6 Å². The van der Waals surface area contributed by atoms with Crippen LogP contribution in [-0.2, 0) is 22.7 Å². The molecule has 0 aliphatic rings. The van der Waals surface area contributed by atoms with Gasteiger partial charge in [-0.05, 0) is 36.1 Å². The molecule has 0 radical (unpaired) electrons. The number of H-pyrrole nitrogens is 1. The summed E-state index contributed by atoms with van der Waals surface area (Å²) in [7, 11) is -3.29. The molecular formula is C18H21N3O2S. The summed E-state index contributed by atoms with van der Waals surface area (Å²) in [5.41, 5.74) is 3.70. The second-order valence-corrected chi connectivity index (χ2v) is 7.79. The van der Waals surface area contributed by atoms with Gasteiger partial charge in [-0.2, -0.15) is 0 Å². The molecule has 3 rings (SSSR count). The van der Waals surface area contributed by atoms with Gasteiger partial charge in [0.2, 0.25) is 0 Å². The van der Waals surface area contributed by atoms with E-state index < -0.39 is 9.84 Å². The van der Waals surface area contributed by atoms with Crippen LogP contribution >= 0.6 is 0 Å². The largest absolute Gasteiger partial charge is 0.369 e. The Morgan fingerprint density at radius 1 is 1.17 bits per heavy atom. The van der Waals surface area contributed by atoms with Gasteiger partial charge >= 0.3 is 0 Å². The van der Waals surface area contributed by atoms with E-state index in [2.05, 4.69) is 40.4 Å². The summed E-state index contributed by atoms with van der Waals surface area (Å²) in [6.07, 6.45) is 6.59. The summed E-state index contributed by atoms with van der Waals surface area (Å²) in [5, 5.41) is 4.37. The van der Waals surface area contributed by atoms with E-state index >= 15 is 0 Å². The number of benzene rings is 1. The second kappa shape index (κ2) is 6.65. The molecule has 2 heterocycles. The summed E-state index contributed by atoms with van der Waals surface area (Å²) < 4.78 is 23.6. The molecule has 126 valence electrons. The number of pyridine rings is 1. The maximum Gasteiger partial charge on any atom is 0.179 e. The first kappa shape index (κ1) is 16.5. The van der Waals surface area contributed by atoms with Crippen molar-refractivity contribution in [2.45, 2.75) is 24.7 Å². The number of aryl methyl sites for hydroxylation is 1. The molecule has 1 aromatic carbocycles. The summed E-state index contributed by atoms with van der Waals surface area (Å²) in [5.74, 6) is 0.411. The van der Waals surface area contributed by atoms with Gasteiger partial charge in [0, 0.05) is 36.1 Å². The summed E-state index contributed by atoms with van der Waals surface area (Å²) in [6.45, 7) is 2.76. The molecular weight excluding hydrogens is 322 g/mol. The van der Waals surface area contributed by atoms with Crippen molar-refractivity contribution in [3.05, 3.63) is 53.9 Å². The first-order valence-corrected chi connectivity index (χ1v) is 9.86. The number of nitrogens with one attached hydrogen (secondary N) is 2. The fraction of sp³-hybridized carbons (Fsp3) is 0.278. The zero-order valence-electron chi connectivity index (χ0n) is 13.8. The highest BCUT2D eigenvalue weighted by atomic mass is 32.2. The van der Waals surface area contributed by atoms with E-state index in [1.165, 1.54) is 28.3 Å². The molecule has 24 heavy (non-hydrogen) atoms. The number of hydrogen-bond acceptors (Lipinski definition) is 4. The number of para-hydroxylation sites is 1. The number of nitrogens with zero attached hydrogens (tertiary/aromatic N) is 1. The van der Waals surface area contributed by atoms with Crippen LogP contribution in [0.5, 0.6) is 0 Å². The molecule has 0 aliphatic heterocycles. The monoisotopic (exact) mass is 343 g/mol. The van der Waals surface area contributed by atoms with Gasteiger partial charge < -0.3 is 10.3 Å². The van der Waals surface area contributed by atoms with Crippen molar-refractivity contribution < 1.29 is 8.42 Å². The van der Waals surface area contributed by atoms with Gasteiger partial charge in [-0.25, -0.2) is 13.4 Å². The third-order valence-corrected chi connectivity index (χ3v) is 5.25. The SMILES string of the molecule is CCc1cccc2c(CCNc3ncccc3S(C)(=O)=O)c[nH]c12. The van der Waals surface area contributed by atoms with E-state index in [0.29, 0.717) is 12.4 Å². The minimum absolute atomic E-state index is 0.234. The first-order chi connectivity index (χ1) is 11.5. The maximum atomic E-state index is 11.8. The van der Waals surface area contributed by atoms with Crippen molar-refractivity contribution in [3.8, 4) is 0 Å². The molecule has 5 nitrogen and oxygen atoms in total. The van der Waals surface area contributed by atoms with Crippen molar-refractivity contribution in [3.63, 3.8) is 0 Å². The van der Waals surface area contributed by atoms with Gasteiger partial charge in [0.1, 0.15) is 10.7 Å². The zero-order chi connectivity index (χ0) is 17.2. The van der Waals surface area contributed by atoms with Crippen molar-refractivity contribution in [2.75, 3.05) is 18.1 Å². The molecule has 2 N–H and O–H groups in total. The Morgan fingerprint density at radius 2 is 2.00 bits per heavy atom. The molecule has 0 unspecified atom stereocenters. The normalized spacial score (nSPS) is 11.8. The zero-order valence-corrected chi connectivity index (χ0v) is 14.7. The lowest BCUT2D eigenvalue weighted by Crippen LogP contribution is -2.10. The molecule has 0 bridgehead atoms. The molecule has 0 spiro atoms. The third kappa shape index (κ3) is 3.28. The Hall–Kier alpha value is -2.34. The van der Waals surface area contributed by atoms with E-state index in [1.54, 1.807) is 18.3 Å². The lowest BCUT2D eigenvalue weighted by molar-refractivity contribution is 0.602. The highest BCUT2D eigenvalue weighted by molar-refractivity contribution is 7.90. The quantitative estimate of drug-likeness (QED) is 0.721. The van der Waals surface area contributed by atoms with Gasteiger partial charge in [0.05, 0.1) is 0 Å². The van der Waals surface area contributed by atoms with Crippen LogP contribution in [0.25, 0.3) is 10.9 Å². The summed E-state index contributed by atoms with van der Waals surface area (Å²) in [4.78, 5) is 7.74. The van der Waals surface area contributed by atoms with Gasteiger partial charge in [-0.3, -0.25) is 0 Å². The van der Waals surface area contributed by atoms with Gasteiger partial charge in [0.25, 0.3) is 0 Å². The lowest BCUT2D eigenvalue weighted by Gasteiger charge is -2.09. The van der Waals surface area contributed by atoms with E-state index in [-0.39, 0.29) is 4.90 Å². The number of hydrogen-bond donors (Lipinski definition) is 2. The summed E-state index contributed by atoms with van der Waals surface area (Å²) >= 11 is 0. The van der Waals surface area contributed by atoms with Crippen LogP contribution in [-0.4, -0.2) is 31.2 Å². The average Bonchev–Trinajstić information content (AvgIpc) is 2.98. The van der Waals surface area contributed by atoms with Crippen LogP contribution in [0.2, 0.25) is 0 Å². The fourth-order valence-electron chi connectivity index (χ4n) is 2.91. The van der Waals surface area contributed by atoms with Crippen LogP contribution in [0.1, 0.15) is 18.1 Å². The van der Waals surface area contributed by atoms with Gasteiger partial charge in [-0.1, -0.05) is 25.1 Å². The van der Waals surface area contributed by atoms with Crippen molar-refractivity contribution in [2.24, 2.45) is 0 Å². The Labute approximate surface area is 142 Å². The molecule has 0 amide bonds. The lowest BCUT2D eigenvalue weighted by atomic mass is 10.1.